The first kappa shape index (κ1) is 22.8. The van der Waals surface area contributed by atoms with Crippen molar-refractivity contribution in [2.45, 2.75) is 24.7 Å². The monoisotopic (exact) mass is 496 g/mol. The number of anilines is 1. The average molecular weight is 497 g/mol. The van der Waals surface area contributed by atoms with Crippen molar-refractivity contribution in [3.05, 3.63) is 71.6 Å². The Morgan fingerprint density at radius 1 is 0.941 bits per heavy atom. The van der Waals surface area contributed by atoms with Crippen LogP contribution in [0.5, 0.6) is 0 Å². The third-order valence-corrected chi connectivity index (χ3v) is 8.08. The van der Waals surface area contributed by atoms with Crippen molar-refractivity contribution in [1.29, 1.82) is 0 Å². The molecule has 0 bridgehead atoms. The topological polar surface area (TPSA) is 84.2 Å². The SMILES string of the molecule is CCCc1nc(N2CCN(S(=O)(=O)c3ccc(Cl)cc3)CC2)c2cnn(-c3ccccc3)c2n1. The molecule has 34 heavy (non-hydrogen) atoms. The standard InChI is InChI=1S/C24H25ClN6O2S/c1-2-6-22-27-23(21-17-26-31(24(21)28-22)19-7-4-3-5-8-19)29-13-15-30(16-14-29)34(32,33)20-11-9-18(25)10-12-20/h3-5,7-12,17H,2,6,13-16H2,1H3. The van der Waals surface area contributed by atoms with E-state index in [9.17, 15) is 8.42 Å². The number of hydrogen-bond donors (Lipinski definition) is 0. The first-order valence-corrected chi connectivity index (χ1v) is 13.1. The summed E-state index contributed by atoms with van der Waals surface area (Å²) in [4.78, 5) is 12.0. The number of para-hydroxylation sites is 1. The molecule has 4 aromatic rings. The molecule has 176 valence electrons. The van der Waals surface area contributed by atoms with Crippen LogP contribution in [0, 0.1) is 0 Å². The lowest BCUT2D eigenvalue weighted by atomic mass is 10.2. The summed E-state index contributed by atoms with van der Waals surface area (Å²) in [5, 5.41) is 5.96. The first-order valence-electron chi connectivity index (χ1n) is 11.3. The summed E-state index contributed by atoms with van der Waals surface area (Å²) in [6.45, 7) is 3.89. The van der Waals surface area contributed by atoms with Gasteiger partial charge in [-0.15, -0.1) is 0 Å². The highest BCUT2D eigenvalue weighted by molar-refractivity contribution is 7.89. The van der Waals surface area contributed by atoms with Crippen molar-refractivity contribution in [3.8, 4) is 5.69 Å². The Bertz CT molecular complexity index is 1400. The molecule has 1 saturated heterocycles. The molecule has 0 amide bonds. The smallest absolute Gasteiger partial charge is 0.243 e. The van der Waals surface area contributed by atoms with E-state index in [0.29, 0.717) is 31.2 Å². The van der Waals surface area contributed by atoms with Crippen molar-refractivity contribution < 1.29 is 8.42 Å². The van der Waals surface area contributed by atoms with E-state index in [1.807, 2.05) is 35.0 Å². The minimum atomic E-state index is -3.58. The van der Waals surface area contributed by atoms with E-state index < -0.39 is 10.0 Å². The van der Waals surface area contributed by atoms with Gasteiger partial charge in [0.1, 0.15) is 11.6 Å². The normalized spacial score (nSPS) is 15.2. The van der Waals surface area contributed by atoms with Crippen molar-refractivity contribution in [2.24, 2.45) is 0 Å². The average Bonchev–Trinajstić information content (AvgIpc) is 3.29. The van der Waals surface area contributed by atoms with Crippen LogP contribution in [0.25, 0.3) is 16.7 Å². The van der Waals surface area contributed by atoms with Crippen LogP contribution in [0.3, 0.4) is 0 Å². The number of fused-ring (bicyclic) bond motifs is 1. The fraction of sp³-hybridized carbons (Fsp3) is 0.292. The number of halogens is 1. The summed E-state index contributed by atoms with van der Waals surface area (Å²) in [5.41, 5.74) is 1.69. The number of benzene rings is 2. The van der Waals surface area contributed by atoms with E-state index in [-0.39, 0.29) is 4.90 Å². The van der Waals surface area contributed by atoms with Gasteiger partial charge in [-0.2, -0.15) is 9.40 Å². The Kier molecular flexibility index (Phi) is 6.24. The van der Waals surface area contributed by atoms with Crippen LogP contribution >= 0.6 is 11.6 Å². The highest BCUT2D eigenvalue weighted by Gasteiger charge is 2.30. The Hall–Kier alpha value is -3.01. The quantitative estimate of drug-likeness (QED) is 0.402. The Morgan fingerprint density at radius 2 is 1.65 bits per heavy atom. The van der Waals surface area contributed by atoms with E-state index in [1.165, 1.54) is 4.31 Å². The molecule has 2 aromatic carbocycles. The van der Waals surface area contributed by atoms with Crippen LogP contribution in [-0.4, -0.2) is 58.7 Å². The second-order valence-corrected chi connectivity index (χ2v) is 10.6. The third-order valence-electron chi connectivity index (χ3n) is 5.92. The number of sulfonamides is 1. The zero-order valence-corrected chi connectivity index (χ0v) is 20.4. The van der Waals surface area contributed by atoms with Gasteiger partial charge in [-0.1, -0.05) is 36.7 Å². The molecule has 5 rings (SSSR count). The maximum absolute atomic E-state index is 13.1. The van der Waals surface area contributed by atoms with Gasteiger partial charge < -0.3 is 4.90 Å². The molecular formula is C24H25ClN6O2S. The van der Waals surface area contributed by atoms with Gasteiger partial charge in [-0.25, -0.2) is 23.1 Å². The van der Waals surface area contributed by atoms with Crippen LogP contribution in [0.2, 0.25) is 5.02 Å². The Morgan fingerprint density at radius 3 is 2.32 bits per heavy atom. The van der Waals surface area contributed by atoms with Crippen LogP contribution in [-0.2, 0) is 16.4 Å². The van der Waals surface area contributed by atoms with Crippen molar-refractivity contribution in [3.63, 3.8) is 0 Å². The van der Waals surface area contributed by atoms with Crippen molar-refractivity contribution >= 4 is 38.5 Å². The van der Waals surface area contributed by atoms with Gasteiger partial charge in [0.05, 0.1) is 22.2 Å². The number of piperazine rings is 1. The first-order chi connectivity index (χ1) is 16.5. The van der Waals surface area contributed by atoms with E-state index in [1.54, 1.807) is 30.5 Å². The molecule has 8 nitrogen and oxygen atoms in total. The second-order valence-electron chi connectivity index (χ2n) is 8.19. The van der Waals surface area contributed by atoms with Crippen LogP contribution in [0.15, 0.2) is 65.7 Å². The predicted molar refractivity (Wildman–Crippen MR) is 133 cm³/mol. The minimum absolute atomic E-state index is 0.254. The molecule has 0 N–H and O–H groups in total. The maximum atomic E-state index is 13.1. The molecule has 10 heteroatoms. The molecule has 3 heterocycles. The zero-order chi connectivity index (χ0) is 23.7. The lowest BCUT2D eigenvalue weighted by Gasteiger charge is -2.35. The van der Waals surface area contributed by atoms with Gasteiger partial charge in [0.2, 0.25) is 10.0 Å². The van der Waals surface area contributed by atoms with Crippen LogP contribution < -0.4 is 4.90 Å². The van der Waals surface area contributed by atoms with Gasteiger partial charge in [-0.05, 0) is 42.8 Å². The van der Waals surface area contributed by atoms with Crippen molar-refractivity contribution in [2.75, 3.05) is 31.1 Å². The largest absolute Gasteiger partial charge is 0.353 e. The summed E-state index contributed by atoms with van der Waals surface area (Å²) in [7, 11) is -3.58. The molecule has 0 radical (unpaired) electrons. The van der Waals surface area contributed by atoms with E-state index in [4.69, 9.17) is 21.6 Å². The van der Waals surface area contributed by atoms with Gasteiger partial charge in [0.25, 0.3) is 0 Å². The highest BCUT2D eigenvalue weighted by atomic mass is 35.5. The predicted octanol–water partition coefficient (Wildman–Crippen LogP) is 3.93. The van der Waals surface area contributed by atoms with Crippen molar-refractivity contribution in [1.82, 2.24) is 24.1 Å². The molecule has 0 atom stereocenters. The zero-order valence-electron chi connectivity index (χ0n) is 18.8. The summed E-state index contributed by atoms with van der Waals surface area (Å²) in [6.07, 6.45) is 3.48. The van der Waals surface area contributed by atoms with Gasteiger partial charge in [-0.3, -0.25) is 0 Å². The molecule has 2 aromatic heterocycles. The summed E-state index contributed by atoms with van der Waals surface area (Å²) in [6, 6.07) is 16.2. The molecular weight excluding hydrogens is 472 g/mol. The summed E-state index contributed by atoms with van der Waals surface area (Å²) < 4.78 is 29.5. The highest BCUT2D eigenvalue weighted by Crippen LogP contribution is 2.28. The maximum Gasteiger partial charge on any atom is 0.243 e. The van der Waals surface area contributed by atoms with Crippen LogP contribution in [0.4, 0.5) is 5.82 Å². The van der Waals surface area contributed by atoms with Gasteiger partial charge in [0.15, 0.2) is 5.65 Å². The number of aromatic nitrogens is 4. The molecule has 1 aliphatic rings. The summed E-state index contributed by atoms with van der Waals surface area (Å²) >= 11 is 5.92. The van der Waals surface area contributed by atoms with Gasteiger partial charge in [0, 0.05) is 37.6 Å². The molecule has 1 fully saturated rings. The molecule has 0 aliphatic carbocycles. The fourth-order valence-electron chi connectivity index (χ4n) is 4.17. The molecule has 0 saturated carbocycles. The Labute approximate surface area is 203 Å². The summed E-state index contributed by atoms with van der Waals surface area (Å²) in [5.74, 6) is 1.57. The molecule has 0 spiro atoms. The van der Waals surface area contributed by atoms with E-state index in [0.717, 1.165) is 41.2 Å². The number of nitrogens with zero attached hydrogens (tertiary/aromatic N) is 6. The van der Waals surface area contributed by atoms with E-state index >= 15 is 0 Å². The van der Waals surface area contributed by atoms with Gasteiger partial charge >= 0.3 is 0 Å². The molecule has 0 unspecified atom stereocenters. The van der Waals surface area contributed by atoms with E-state index in [2.05, 4.69) is 16.9 Å². The lowest BCUT2D eigenvalue weighted by molar-refractivity contribution is 0.384. The number of rotatable bonds is 6. The lowest BCUT2D eigenvalue weighted by Crippen LogP contribution is -2.49. The molecule has 1 aliphatic heterocycles. The van der Waals surface area contributed by atoms with Crippen LogP contribution in [0.1, 0.15) is 19.2 Å². The third kappa shape index (κ3) is 4.26. The Balaban J connectivity index is 1.45. The second kappa shape index (κ2) is 9.32. The number of aryl methyl sites for hydroxylation is 1. The minimum Gasteiger partial charge on any atom is -0.353 e. The number of hydrogen-bond acceptors (Lipinski definition) is 6. The fourth-order valence-corrected chi connectivity index (χ4v) is 5.72.